The molecule has 7 heteroatoms. The van der Waals surface area contributed by atoms with E-state index in [2.05, 4.69) is 60.1 Å². The lowest BCUT2D eigenvalue weighted by atomic mass is 9.80. The van der Waals surface area contributed by atoms with Crippen LogP contribution < -0.4 is 20.9 Å². The maximum atomic E-state index is 14.8. The van der Waals surface area contributed by atoms with Crippen LogP contribution in [-0.2, 0) is 20.9 Å². The van der Waals surface area contributed by atoms with Crippen LogP contribution in [0.25, 0.3) is 11.1 Å². The van der Waals surface area contributed by atoms with Crippen molar-refractivity contribution in [1.29, 1.82) is 0 Å². The van der Waals surface area contributed by atoms with E-state index >= 15 is 0 Å². The first-order chi connectivity index (χ1) is 23.8. The zero-order valence-electron chi connectivity index (χ0n) is 28.3. The molecule has 252 valence electrons. The minimum Gasteiger partial charge on any atom is -0.369 e. The molecule has 1 heterocycles. The highest BCUT2D eigenvalue weighted by atomic mass is 16.2. The largest absolute Gasteiger partial charge is 0.369 e. The highest BCUT2D eigenvalue weighted by Gasteiger charge is 2.39. The van der Waals surface area contributed by atoms with Crippen molar-refractivity contribution in [2.24, 2.45) is 23.5 Å². The van der Waals surface area contributed by atoms with E-state index < -0.39 is 23.8 Å². The van der Waals surface area contributed by atoms with Gasteiger partial charge in [-0.25, -0.2) is 0 Å². The summed E-state index contributed by atoms with van der Waals surface area (Å²) in [7, 11) is 0. The van der Waals surface area contributed by atoms with Crippen molar-refractivity contribution in [2.75, 3.05) is 16.3 Å². The number of benzene rings is 4. The number of aryl methyl sites for hydroxylation is 1. The van der Waals surface area contributed by atoms with Crippen LogP contribution in [0.1, 0.15) is 49.7 Å². The lowest BCUT2D eigenvalue weighted by molar-refractivity contribution is -0.135. The van der Waals surface area contributed by atoms with Gasteiger partial charge in [0, 0.05) is 5.69 Å². The van der Waals surface area contributed by atoms with Crippen molar-refractivity contribution in [2.45, 2.75) is 58.0 Å². The first kappa shape index (κ1) is 33.7. The van der Waals surface area contributed by atoms with Gasteiger partial charge in [-0.05, 0) is 72.7 Å². The number of para-hydroxylation sites is 3. The van der Waals surface area contributed by atoms with Crippen molar-refractivity contribution in [1.82, 2.24) is 5.32 Å². The van der Waals surface area contributed by atoms with Crippen LogP contribution in [0.4, 0.5) is 17.1 Å². The molecule has 4 aromatic rings. The minimum absolute atomic E-state index is 0.209. The monoisotopic (exact) mass is 654 g/mol. The highest BCUT2D eigenvalue weighted by molar-refractivity contribution is 6.04. The Morgan fingerprint density at radius 2 is 1.57 bits per heavy atom. The molecule has 1 saturated carbocycles. The number of nitrogens with two attached hydrogens (primary N) is 1. The number of anilines is 3. The van der Waals surface area contributed by atoms with Gasteiger partial charge in [0.1, 0.15) is 6.04 Å². The molecule has 0 bridgehead atoms. The summed E-state index contributed by atoms with van der Waals surface area (Å²) in [5.74, 6) is -2.03. The Hall–Kier alpha value is -5.17. The summed E-state index contributed by atoms with van der Waals surface area (Å²) in [6.07, 6.45) is 6.81. The molecule has 3 amide bonds. The van der Waals surface area contributed by atoms with E-state index in [0.29, 0.717) is 25.3 Å². The molecule has 1 aliphatic carbocycles. The van der Waals surface area contributed by atoms with Crippen molar-refractivity contribution in [3.05, 3.63) is 127 Å². The molecular weight excluding hydrogens is 608 g/mol. The lowest BCUT2D eigenvalue weighted by Crippen LogP contribution is -2.54. The SMILES string of the molecule is C=CC[C@H](C(N)=O)[C@@H](CC1CCCC1)C(=O)NC1CN(c2ccccc2)c2ccccc2N(Cc2cccc(-c3ccc(C)cc3)c2)C1=O. The molecule has 7 nitrogen and oxygen atoms in total. The molecule has 0 aromatic heterocycles. The summed E-state index contributed by atoms with van der Waals surface area (Å²) in [5, 5.41) is 3.16. The van der Waals surface area contributed by atoms with Crippen molar-refractivity contribution >= 4 is 34.8 Å². The summed E-state index contributed by atoms with van der Waals surface area (Å²) < 4.78 is 0. The molecule has 49 heavy (non-hydrogen) atoms. The Bertz CT molecular complexity index is 1780. The second-order valence-corrected chi connectivity index (χ2v) is 13.5. The fourth-order valence-corrected chi connectivity index (χ4v) is 7.48. The topological polar surface area (TPSA) is 95.7 Å². The average Bonchev–Trinajstić information content (AvgIpc) is 3.61. The highest BCUT2D eigenvalue weighted by Crippen LogP contribution is 2.39. The molecule has 4 aromatic carbocycles. The number of nitrogens with one attached hydrogen (secondary N) is 1. The number of carbonyl (C=O) groups is 3. The second-order valence-electron chi connectivity index (χ2n) is 13.5. The molecule has 2 aliphatic rings. The summed E-state index contributed by atoms with van der Waals surface area (Å²) in [6.45, 7) is 6.45. The van der Waals surface area contributed by atoms with Gasteiger partial charge in [-0.15, -0.1) is 6.58 Å². The summed E-state index contributed by atoms with van der Waals surface area (Å²) >= 11 is 0. The fraction of sp³-hybridized carbons (Fsp3) is 0.310. The maximum Gasteiger partial charge on any atom is 0.251 e. The van der Waals surface area contributed by atoms with Gasteiger partial charge in [0.05, 0.1) is 36.3 Å². The summed E-state index contributed by atoms with van der Waals surface area (Å²) in [6, 6.07) is 33.6. The van der Waals surface area contributed by atoms with E-state index in [1.165, 1.54) is 5.56 Å². The third-order valence-corrected chi connectivity index (χ3v) is 10.1. The van der Waals surface area contributed by atoms with E-state index in [1.54, 1.807) is 11.0 Å². The Labute approximate surface area is 289 Å². The van der Waals surface area contributed by atoms with Crippen molar-refractivity contribution < 1.29 is 14.4 Å². The van der Waals surface area contributed by atoms with Gasteiger partial charge in [0.25, 0.3) is 5.91 Å². The molecule has 1 fully saturated rings. The van der Waals surface area contributed by atoms with E-state index in [-0.39, 0.29) is 18.4 Å². The minimum atomic E-state index is -0.885. The third kappa shape index (κ3) is 7.78. The van der Waals surface area contributed by atoms with Crippen LogP contribution >= 0.6 is 0 Å². The van der Waals surface area contributed by atoms with E-state index in [9.17, 15) is 14.4 Å². The molecule has 1 aliphatic heterocycles. The average molecular weight is 655 g/mol. The van der Waals surface area contributed by atoms with Crippen LogP contribution in [0, 0.1) is 24.7 Å². The standard InChI is InChI=1S/C42H46N4O3/c1-3-12-35(40(43)47)36(26-30-13-7-8-14-30)41(48)44-37-28-45(34-17-5-4-6-18-34)38-19-9-10-20-39(38)46(42(37)49)27-31-15-11-16-33(25-31)32-23-21-29(2)22-24-32/h3-6,9-11,15-25,30,35-37H,1,7-8,12-14,26-28H2,2H3,(H2,43,47)(H,44,48)/t35-,36+,37?/m0/s1. The molecule has 3 N–H and O–H groups in total. The number of rotatable bonds is 12. The number of amides is 3. The molecule has 1 unspecified atom stereocenters. The number of nitrogens with zero attached hydrogens (tertiary/aromatic N) is 2. The van der Waals surface area contributed by atoms with Crippen LogP contribution in [0.2, 0.25) is 0 Å². The van der Waals surface area contributed by atoms with Crippen molar-refractivity contribution in [3.63, 3.8) is 0 Å². The van der Waals surface area contributed by atoms with E-state index in [0.717, 1.165) is 59.4 Å². The maximum absolute atomic E-state index is 14.8. The van der Waals surface area contributed by atoms with Gasteiger partial charge < -0.3 is 20.9 Å². The van der Waals surface area contributed by atoms with Crippen molar-refractivity contribution in [3.8, 4) is 11.1 Å². The number of fused-ring (bicyclic) bond motifs is 1. The zero-order chi connectivity index (χ0) is 34.3. The second kappa shape index (κ2) is 15.4. The number of hydrogen-bond acceptors (Lipinski definition) is 4. The first-order valence-electron chi connectivity index (χ1n) is 17.4. The number of hydrogen-bond donors (Lipinski definition) is 2. The molecule has 3 atom stereocenters. The number of primary amides is 1. The lowest BCUT2D eigenvalue weighted by Gasteiger charge is -2.30. The Kier molecular flexibility index (Phi) is 10.6. The molecule has 0 saturated heterocycles. The Balaban J connectivity index is 1.37. The first-order valence-corrected chi connectivity index (χ1v) is 17.4. The molecule has 0 radical (unpaired) electrons. The summed E-state index contributed by atoms with van der Waals surface area (Å²) in [5.41, 5.74) is 12.8. The van der Waals surface area contributed by atoms with Crippen LogP contribution in [0.5, 0.6) is 0 Å². The van der Waals surface area contributed by atoms with Gasteiger partial charge in [-0.2, -0.15) is 0 Å². The van der Waals surface area contributed by atoms with Gasteiger partial charge in [0.15, 0.2) is 0 Å². The molecule has 0 spiro atoms. The van der Waals surface area contributed by atoms with Crippen LogP contribution in [-0.4, -0.2) is 30.3 Å². The van der Waals surface area contributed by atoms with Gasteiger partial charge in [0.2, 0.25) is 11.8 Å². The quantitative estimate of drug-likeness (QED) is 0.153. The number of allylic oxidation sites excluding steroid dienone is 1. The van der Waals surface area contributed by atoms with Gasteiger partial charge in [-0.1, -0.05) is 110 Å². The third-order valence-electron chi connectivity index (χ3n) is 10.1. The predicted molar refractivity (Wildman–Crippen MR) is 197 cm³/mol. The van der Waals surface area contributed by atoms with E-state index in [4.69, 9.17) is 5.73 Å². The smallest absolute Gasteiger partial charge is 0.251 e. The number of carbonyl (C=O) groups excluding carboxylic acids is 3. The van der Waals surface area contributed by atoms with Gasteiger partial charge >= 0.3 is 0 Å². The summed E-state index contributed by atoms with van der Waals surface area (Å²) in [4.78, 5) is 45.7. The van der Waals surface area contributed by atoms with Crippen LogP contribution in [0.15, 0.2) is 116 Å². The normalized spacial score (nSPS) is 17.6. The molecular formula is C42H46N4O3. The van der Waals surface area contributed by atoms with E-state index in [1.807, 2.05) is 66.7 Å². The fourth-order valence-electron chi connectivity index (χ4n) is 7.48. The molecule has 6 rings (SSSR count). The van der Waals surface area contributed by atoms with Crippen LogP contribution in [0.3, 0.4) is 0 Å². The Morgan fingerprint density at radius 1 is 0.878 bits per heavy atom. The zero-order valence-corrected chi connectivity index (χ0v) is 28.3. The predicted octanol–water partition coefficient (Wildman–Crippen LogP) is 7.71. The Morgan fingerprint density at radius 3 is 2.27 bits per heavy atom. The van der Waals surface area contributed by atoms with Gasteiger partial charge in [-0.3, -0.25) is 14.4 Å².